The van der Waals surface area contributed by atoms with Crippen molar-refractivity contribution in [3.63, 3.8) is 0 Å². The Balaban J connectivity index is 1.70. The van der Waals surface area contributed by atoms with Gasteiger partial charge in [0.2, 0.25) is 10.0 Å². The molecule has 13 heteroatoms. The van der Waals surface area contributed by atoms with Crippen LogP contribution in [0.1, 0.15) is 16.0 Å². The molecule has 0 atom stereocenters. The second kappa shape index (κ2) is 9.49. The number of hydrogen-bond donors (Lipinski definition) is 2. The standard InChI is InChI=1S/C25H22N4O6S3/c1-15-8-11-20(36-15)23-24(30)22(25(31)29(27-23)13-16-6-4-3-5-7-16)19-14-38(34,35)21-12-17(28-37(2,32)33)9-10-18(21)26-19/h3-12,28,30H,13-14H2,1-2H3. The maximum absolute atomic E-state index is 13.6. The van der Waals surface area contributed by atoms with E-state index in [1.807, 2.05) is 43.3 Å². The van der Waals surface area contributed by atoms with Gasteiger partial charge in [-0.1, -0.05) is 30.3 Å². The first-order chi connectivity index (χ1) is 17.9. The fourth-order valence-corrected chi connectivity index (χ4v) is 6.98. The molecular formula is C25H22N4O6S3. The summed E-state index contributed by atoms with van der Waals surface area (Å²) in [6.07, 6.45) is 0.955. The minimum absolute atomic E-state index is 0.0315. The van der Waals surface area contributed by atoms with Crippen molar-refractivity contribution in [1.82, 2.24) is 9.78 Å². The fraction of sp³-hybridized carbons (Fsp3) is 0.160. The summed E-state index contributed by atoms with van der Waals surface area (Å²) in [7, 11) is -7.67. The minimum atomic E-state index is -4.04. The summed E-state index contributed by atoms with van der Waals surface area (Å²) < 4.78 is 53.2. The summed E-state index contributed by atoms with van der Waals surface area (Å²) in [4.78, 5) is 19.4. The van der Waals surface area contributed by atoms with Gasteiger partial charge in [-0.05, 0) is 42.8 Å². The monoisotopic (exact) mass is 570 g/mol. The van der Waals surface area contributed by atoms with Crippen molar-refractivity contribution in [2.75, 3.05) is 16.7 Å². The molecule has 0 unspecified atom stereocenters. The van der Waals surface area contributed by atoms with E-state index in [9.17, 15) is 26.7 Å². The first-order valence-electron chi connectivity index (χ1n) is 11.3. The van der Waals surface area contributed by atoms with Crippen molar-refractivity contribution < 1.29 is 21.9 Å². The number of benzene rings is 2. The van der Waals surface area contributed by atoms with Crippen LogP contribution in [0.5, 0.6) is 5.75 Å². The van der Waals surface area contributed by atoms with Crippen LogP contribution in [0.25, 0.3) is 10.6 Å². The number of nitrogens with one attached hydrogen (secondary N) is 1. The van der Waals surface area contributed by atoms with Crippen LogP contribution in [0, 0.1) is 6.92 Å². The second-order valence-electron chi connectivity index (χ2n) is 8.81. The van der Waals surface area contributed by atoms with Crippen molar-refractivity contribution in [2.45, 2.75) is 18.4 Å². The SMILES string of the molecule is Cc1ccc(-c2nn(Cc3ccccc3)c(=O)c(C3=Nc4ccc(NS(C)(=O)=O)cc4S(=O)(=O)C3)c2O)s1. The van der Waals surface area contributed by atoms with E-state index < -0.39 is 36.9 Å². The van der Waals surface area contributed by atoms with Crippen LogP contribution in [0.4, 0.5) is 11.4 Å². The summed E-state index contributed by atoms with van der Waals surface area (Å²) in [5, 5.41) is 15.7. The predicted octanol–water partition coefficient (Wildman–Crippen LogP) is 3.31. The topological polar surface area (TPSA) is 148 Å². The molecule has 0 spiro atoms. The van der Waals surface area contributed by atoms with Crippen molar-refractivity contribution in [3.8, 4) is 16.3 Å². The van der Waals surface area contributed by atoms with E-state index in [2.05, 4.69) is 14.8 Å². The van der Waals surface area contributed by atoms with Gasteiger partial charge in [-0.3, -0.25) is 14.5 Å². The Hall–Kier alpha value is -3.81. The van der Waals surface area contributed by atoms with E-state index in [1.54, 1.807) is 6.07 Å². The van der Waals surface area contributed by atoms with Crippen LogP contribution in [-0.2, 0) is 26.4 Å². The molecule has 0 radical (unpaired) electrons. The zero-order valence-electron chi connectivity index (χ0n) is 20.2. The van der Waals surface area contributed by atoms with Crippen LogP contribution >= 0.6 is 11.3 Å². The molecule has 5 rings (SSSR count). The summed E-state index contributed by atoms with van der Waals surface area (Å²) in [6, 6.07) is 16.7. The van der Waals surface area contributed by atoms with Crippen molar-refractivity contribution in [1.29, 1.82) is 0 Å². The Labute approximate surface area is 222 Å². The number of fused-ring (bicyclic) bond motifs is 1. The molecule has 2 aromatic heterocycles. The van der Waals surface area contributed by atoms with Gasteiger partial charge in [0.1, 0.15) is 11.3 Å². The van der Waals surface area contributed by atoms with Gasteiger partial charge in [-0.2, -0.15) is 5.10 Å². The Morgan fingerprint density at radius 1 is 1.11 bits per heavy atom. The average Bonchev–Trinajstić information content (AvgIpc) is 3.26. The summed E-state index contributed by atoms with van der Waals surface area (Å²) in [5.74, 6) is -1.11. The zero-order valence-corrected chi connectivity index (χ0v) is 22.7. The van der Waals surface area contributed by atoms with E-state index in [0.29, 0.717) is 4.88 Å². The van der Waals surface area contributed by atoms with Crippen LogP contribution < -0.4 is 10.3 Å². The largest absolute Gasteiger partial charge is 0.505 e. The van der Waals surface area contributed by atoms with Gasteiger partial charge in [0.25, 0.3) is 5.56 Å². The number of aryl methyl sites for hydroxylation is 1. The van der Waals surface area contributed by atoms with Gasteiger partial charge in [0.15, 0.2) is 15.6 Å². The maximum atomic E-state index is 13.6. The molecule has 4 aromatic rings. The first-order valence-corrected chi connectivity index (χ1v) is 15.6. The predicted molar refractivity (Wildman–Crippen MR) is 147 cm³/mol. The van der Waals surface area contributed by atoms with E-state index in [1.165, 1.54) is 34.2 Å². The van der Waals surface area contributed by atoms with E-state index >= 15 is 0 Å². The molecule has 0 aliphatic carbocycles. The van der Waals surface area contributed by atoms with Crippen molar-refractivity contribution in [2.24, 2.45) is 4.99 Å². The van der Waals surface area contributed by atoms with E-state index in [-0.39, 0.29) is 39.8 Å². The Kier molecular flexibility index (Phi) is 6.45. The van der Waals surface area contributed by atoms with Crippen LogP contribution in [0.2, 0.25) is 0 Å². The Morgan fingerprint density at radius 3 is 2.50 bits per heavy atom. The minimum Gasteiger partial charge on any atom is -0.505 e. The number of rotatable bonds is 6. The average molecular weight is 571 g/mol. The molecule has 3 heterocycles. The van der Waals surface area contributed by atoms with Gasteiger partial charge in [-0.15, -0.1) is 11.3 Å². The smallest absolute Gasteiger partial charge is 0.280 e. The third-order valence-electron chi connectivity index (χ3n) is 5.75. The molecule has 0 amide bonds. The molecule has 38 heavy (non-hydrogen) atoms. The molecule has 2 aromatic carbocycles. The number of aliphatic imine (C=N–C) groups is 1. The number of aromatic nitrogens is 2. The highest BCUT2D eigenvalue weighted by molar-refractivity contribution is 7.92. The van der Waals surface area contributed by atoms with Gasteiger partial charge in [0, 0.05) is 10.6 Å². The fourth-order valence-electron chi connectivity index (χ4n) is 4.11. The van der Waals surface area contributed by atoms with Crippen molar-refractivity contribution >= 4 is 48.3 Å². The van der Waals surface area contributed by atoms with Gasteiger partial charge < -0.3 is 5.11 Å². The number of aromatic hydroxyl groups is 1. The molecule has 0 saturated carbocycles. The zero-order chi connectivity index (χ0) is 27.2. The number of sulfonamides is 1. The molecule has 0 fully saturated rings. The number of sulfone groups is 1. The quantitative estimate of drug-likeness (QED) is 0.361. The molecule has 2 N–H and O–H groups in total. The molecule has 196 valence electrons. The molecule has 1 aliphatic heterocycles. The third kappa shape index (κ3) is 5.12. The summed E-state index contributed by atoms with van der Waals surface area (Å²) in [6.45, 7) is 2.00. The van der Waals surface area contributed by atoms with Gasteiger partial charge >= 0.3 is 0 Å². The highest BCUT2D eigenvalue weighted by Gasteiger charge is 2.32. The highest BCUT2D eigenvalue weighted by atomic mass is 32.2. The van der Waals surface area contributed by atoms with Crippen LogP contribution in [-0.4, -0.2) is 49.4 Å². The number of nitrogens with zero attached hydrogens (tertiary/aromatic N) is 3. The number of hydrogen-bond acceptors (Lipinski definition) is 9. The van der Waals surface area contributed by atoms with Gasteiger partial charge in [-0.25, -0.2) is 21.5 Å². The molecule has 0 bridgehead atoms. The number of anilines is 1. The highest BCUT2D eigenvalue weighted by Crippen LogP contribution is 2.37. The van der Waals surface area contributed by atoms with Gasteiger partial charge in [0.05, 0.1) is 39.7 Å². The Morgan fingerprint density at radius 2 is 1.84 bits per heavy atom. The van der Waals surface area contributed by atoms with E-state index in [0.717, 1.165) is 16.7 Å². The first kappa shape index (κ1) is 25.8. The summed E-state index contributed by atoms with van der Waals surface area (Å²) in [5.41, 5.74) is -0.0122. The number of thiophene rings is 1. The lowest BCUT2D eigenvalue weighted by molar-refractivity contribution is 0.464. The lowest BCUT2D eigenvalue weighted by atomic mass is 10.1. The van der Waals surface area contributed by atoms with Crippen LogP contribution in [0.3, 0.4) is 0 Å². The summed E-state index contributed by atoms with van der Waals surface area (Å²) >= 11 is 1.37. The normalized spacial score (nSPS) is 14.5. The van der Waals surface area contributed by atoms with E-state index in [4.69, 9.17) is 0 Å². The Bertz CT molecular complexity index is 1880. The van der Waals surface area contributed by atoms with Crippen molar-refractivity contribution in [3.05, 3.63) is 87.0 Å². The second-order valence-corrected chi connectivity index (χ2v) is 13.8. The molecular weight excluding hydrogens is 548 g/mol. The lowest BCUT2D eigenvalue weighted by Crippen LogP contribution is -2.33. The third-order valence-corrected chi connectivity index (χ3v) is 9.01. The lowest BCUT2D eigenvalue weighted by Gasteiger charge is -2.19. The molecule has 10 nitrogen and oxygen atoms in total. The molecule has 0 saturated heterocycles. The molecule has 1 aliphatic rings. The van der Waals surface area contributed by atoms with Crippen LogP contribution in [0.15, 0.2) is 75.3 Å². The maximum Gasteiger partial charge on any atom is 0.280 e.